The molecule has 3 rings (SSSR count). The molecule has 0 saturated heterocycles. The third-order valence-corrected chi connectivity index (χ3v) is 8.61. The number of carbonyl (C=O) groups is 2. The maximum Gasteiger partial charge on any atom is 0.249 e. The summed E-state index contributed by atoms with van der Waals surface area (Å²) in [5.41, 5.74) is 10.8. The number of hydrogen-bond acceptors (Lipinski definition) is 5. The number of aryl methyl sites for hydroxylation is 1. The van der Waals surface area contributed by atoms with Crippen LogP contribution in [0.5, 0.6) is 0 Å². The highest BCUT2D eigenvalue weighted by molar-refractivity contribution is 7.99. The lowest BCUT2D eigenvalue weighted by atomic mass is 9.87. The number of aliphatic carboxylic acids is 1. The fourth-order valence-corrected chi connectivity index (χ4v) is 5.71. The van der Waals surface area contributed by atoms with E-state index < -0.39 is 5.97 Å². The molecule has 1 amide bonds. The molecule has 0 aromatic heterocycles. The van der Waals surface area contributed by atoms with Gasteiger partial charge < -0.3 is 15.6 Å². The lowest BCUT2D eigenvalue weighted by Crippen LogP contribution is -2.32. The zero-order valence-electron chi connectivity index (χ0n) is 23.8. The quantitative estimate of drug-likeness (QED) is 0.327. The first-order chi connectivity index (χ1) is 18.3. The molecule has 1 unspecified atom stereocenters. The molecule has 38 heavy (non-hydrogen) atoms. The maximum absolute atomic E-state index is 12.1. The topological polar surface area (TPSA) is 86.5 Å². The van der Waals surface area contributed by atoms with E-state index in [-0.39, 0.29) is 11.2 Å². The predicted molar refractivity (Wildman–Crippen MR) is 159 cm³/mol. The monoisotopic (exact) mass is 539 g/mol. The lowest BCUT2D eigenvalue weighted by molar-refractivity contribution is -0.304. The van der Waals surface area contributed by atoms with Crippen molar-refractivity contribution >= 4 is 23.6 Å². The summed E-state index contributed by atoms with van der Waals surface area (Å²) in [6, 6.07) is 14.4. The maximum atomic E-state index is 12.1. The van der Waals surface area contributed by atoms with Crippen LogP contribution in [0.3, 0.4) is 0 Å². The lowest BCUT2D eigenvalue weighted by Gasteiger charge is -2.27. The molecule has 2 aromatic rings. The van der Waals surface area contributed by atoms with Crippen molar-refractivity contribution in [3.63, 3.8) is 0 Å². The molecule has 5 nitrogen and oxygen atoms in total. The first kappa shape index (κ1) is 31.9. The summed E-state index contributed by atoms with van der Waals surface area (Å²) in [6.07, 6.45) is 13.2. The number of hydrogen-bond donors (Lipinski definition) is 1. The molecule has 1 saturated carbocycles. The smallest absolute Gasteiger partial charge is 0.249 e. The average molecular weight is 540 g/mol. The Morgan fingerprint density at radius 1 is 1.05 bits per heavy atom. The van der Waals surface area contributed by atoms with E-state index in [1.807, 2.05) is 25.1 Å². The fourth-order valence-electron chi connectivity index (χ4n) is 5.18. The normalized spacial score (nSPS) is 14.6. The van der Waals surface area contributed by atoms with Crippen LogP contribution in [0.25, 0.3) is 11.1 Å². The first-order valence-corrected chi connectivity index (χ1v) is 15.5. The Kier molecular flexibility index (Phi) is 14.5. The Labute approximate surface area is 234 Å². The average Bonchev–Trinajstić information content (AvgIpc) is 2.91. The van der Waals surface area contributed by atoms with E-state index in [0.29, 0.717) is 12.0 Å². The number of carbonyl (C=O) groups excluding carboxylic acids is 2. The molecule has 0 spiro atoms. The minimum Gasteiger partial charge on any atom is -0.549 e. The second-order valence-corrected chi connectivity index (χ2v) is 11.5. The number of thioether (sulfide) groups is 1. The second-order valence-electron chi connectivity index (χ2n) is 10.4. The van der Waals surface area contributed by atoms with Gasteiger partial charge in [0.25, 0.3) is 0 Å². The molecule has 0 radical (unpaired) electrons. The van der Waals surface area contributed by atoms with Crippen molar-refractivity contribution in [3.8, 4) is 11.1 Å². The second kappa shape index (κ2) is 17.3. The van der Waals surface area contributed by atoms with Gasteiger partial charge in [-0.1, -0.05) is 82.7 Å². The Morgan fingerprint density at radius 3 is 2.32 bits per heavy atom. The molecule has 0 aliphatic heterocycles. The number of nitrogens with two attached hydrogens (primary N) is 1. The number of carboxylic acid groups (broad SMARTS) is 1. The van der Waals surface area contributed by atoms with Gasteiger partial charge in [-0.2, -0.15) is 11.8 Å². The Hall–Kier alpha value is -2.31. The van der Waals surface area contributed by atoms with Crippen LogP contribution < -0.4 is 10.8 Å². The van der Waals surface area contributed by atoms with Crippen molar-refractivity contribution < 1.29 is 14.7 Å². The number of primary amides is 1. The summed E-state index contributed by atoms with van der Waals surface area (Å²) >= 11 is 1.32. The summed E-state index contributed by atoms with van der Waals surface area (Å²) in [5, 5.41) is 9.71. The summed E-state index contributed by atoms with van der Waals surface area (Å²) in [7, 11) is 0. The van der Waals surface area contributed by atoms with Gasteiger partial charge in [0.2, 0.25) is 5.91 Å². The molecule has 2 N–H and O–H groups in total. The molecule has 210 valence electrons. The van der Waals surface area contributed by atoms with Crippen molar-refractivity contribution in [2.45, 2.75) is 90.4 Å². The van der Waals surface area contributed by atoms with E-state index >= 15 is 0 Å². The SMILES string of the molecule is CCC(SC)C(=O)[O-].CCCCN(CCC1CCCCC1)Cc1ccc(C(N)=O)c(-c2ccccc2C)c1. The van der Waals surface area contributed by atoms with Crippen molar-refractivity contribution in [2.24, 2.45) is 11.7 Å². The highest BCUT2D eigenvalue weighted by atomic mass is 32.2. The van der Waals surface area contributed by atoms with Gasteiger partial charge in [0, 0.05) is 17.4 Å². The molecule has 0 heterocycles. The first-order valence-electron chi connectivity index (χ1n) is 14.2. The van der Waals surface area contributed by atoms with E-state index in [4.69, 9.17) is 5.73 Å². The summed E-state index contributed by atoms with van der Waals surface area (Å²) in [4.78, 5) is 24.7. The molecule has 0 bridgehead atoms. The molecular formula is C32H47N2O3S-. The van der Waals surface area contributed by atoms with E-state index in [0.717, 1.165) is 35.7 Å². The third-order valence-electron chi connectivity index (χ3n) is 7.52. The number of unbranched alkanes of at least 4 members (excludes halogenated alkanes) is 1. The van der Waals surface area contributed by atoms with Crippen LogP contribution in [-0.2, 0) is 11.3 Å². The molecular weight excluding hydrogens is 492 g/mol. The van der Waals surface area contributed by atoms with E-state index in [1.165, 1.54) is 75.2 Å². The zero-order valence-corrected chi connectivity index (χ0v) is 24.7. The van der Waals surface area contributed by atoms with Crippen molar-refractivity contribution in [1.29, 1.82) is 0 Å². The molecule has 1 aliphatic carbocycles. The summed E-state index contributed by atoms with van der Waals surface area (Å²) < 4.78 is 0. The van der Waals surface area contributed by atoms with Crippen LogP contribution in [0.15, 0.2) is 42.5 Å². The highest BCUT2D eigenvalue weighted by Crippen LogP contribution is 2.29. The Bertz CT molecular complexity index is 1000. The Balaban J connectivity index is 0.000000550. The van der Waals surface area contributed by atoms with E-state index in [1.54, 1.807) is 6.26 Å². The van der Waals surface area contributed by atoms with Crippen LogP contribution in [0.1, 0.15) is 93.1 Å². The van der Waals surface area contributed by atoms with E-state index in [9.17, 15) is 14.7 Å². The van der Waals surface area contributed by atoms with Gasteiger partial charge >= 0.3 is 0 Å². The van der Waals surface area contributed by atoms with Gasteiger partial charge in [-0.05, 0) is 85.8 Å². The van der Waals surface area contributed by atoms with Gasteiger partial charge in [-0.25, -0.2) is 0 Å². The van der Waals surface area contributed by atoms with Gasteiger partial charge in [-0.15, -0.1) is 0 Å². The van der Waals surface area contributed by atoms with Crippen molar-refractivity contribution in [2.75, 3.05) is 19.3 Å². The standard InChI is InChI=1S/C27H38N2O.C5H10O2S/c1-3-4-17-29(18-16-22-11-6-5-7-12-22)20-23-14-15-25(27(28)30)26(19-23)24-13-9-8-10-21(24)2;1-3-4(8-2)5(6)7/h8-10,13-15,19,22H,3-7,11-12,16-18,20H2,1-2H3,(H2,28,30);4H,3H2,1-2H3,(H,6,7)/p-1. The fraction of sp³-hybridized carbons (Fsp3) is 0.562. The molecule has 1 atom stereocenters. The zero-order chi connectivity index (χ0) is 27.9. The van der Waals surface area contributed by atoms with Gasteiger partial charge in [0.15, 0.2) is 0 Å². The van der Waals surface area contributed by atoms with Crippen LogP contribution in [-0.4, -0.2) is 41.4 Å². The van der Waals surface area contributed by atoms with Crippen LogP contribution >= 0.6 is 11.8 Å². The summed E-state index contributed by atoms with van der Waals surface area (Å²) in [6.45, 7) is 9.42. The number of nitrogens with zero attached hydrogens (tertiary/aromatic N) is 1. The molecule has 1 aliphatic rings. The minimum absolute atomic E-state index is 0.324. The number of carboxylic acids is 1. The molecule has 1 fully saturated rings. The van der Waals surface area contributed by atoms with Gasteiger partial charge in [0.05, 0.1) is 5.97 Å². The number of benzene rings is 2. The van der Waals surface area contributed by atoms with Crippen LogP contribution in [0.2, 0.25) is 0 Å². The highest BCUT2D eigenvalue weighted by Gasteiger charge is 2.17. The molecule has 6 heteroatoms. The third kappa shape index (κ3) is 10.5. The Morgan fingerprint density at radius 2 is 1.76 bits per heavy atom. The van der Waals surface area contributed by atoms with Crippen molar-refractivity contribution in [3.05, 3.63) is 59.2 Å². The summed E-state index contributed by atoms with van der Waals surface area (Å²) in [5.74, 6) is -0.414. The van der Waals surface area contributed by atoms with Crippen molar-refractivity contribution in [1.82, 2.24) is 4.90 Å². The van der Waals surface area contributed by atoms with Crippen LogP contribution in [0, 0.1) is 12.8 Å². The number of rotatable bonds is 13. The largest absolute Gasteiger partial charge is 0.549 e. The minimum atomic E-state index is -0.958. The van der Waals surface area contributed by atoms with Gasteiger partial charge in [0.1, 0.15) is 0 Å². The molecule has 2 aromatic carbocycles. The van der Waals surface area contributed by atoms with Gasteiger partial charge in [-0.3, -0.25) is 9.69 Å². The van der Waals surface area contributed by atoms with E-state index in [2.05, 4.69) is 43.0 Å². The number of amides is 1. The predicted octanol–water partition coefficient (Wildman–Crippen LogP) is 6.21. The van der Waals surface area contributed by atoms with Crippen LogP contribution in [0.4, 0.5) is 0 Å².